The summed E-state index contributed by atoms with van der Waals surface area (Å²) in [6, 6.07) is 3.67. The standard InChI is InChI=1S/C13H17N5O/c1-3-17(2)12(19)8-18-9-15-7-11(18)10-5-4-6-16-13(10)14/h4-7,9H,3,8H2,1-2H3,(H2,14,16). The number of hydrogen-bond donors (Lipinski definition) is 1. The maximum atomic E-state index is 11.9. The maximum absolute atomic E-state index is 11.9. The molecule has 0 unspecified atom stereocenters. The van der Waals surface area contributed by atoms with Gasteiger partial charge >= 0.3 is 0 Å². The summed E-state index contributed by atoms with van der Waals surface area (Å²) in [4.78, 5) is 21.7. The summed E-state index contributed by atoms with van der Waals surface area (Å²) >= 11 is 0. The molecule has 0 fully saturated rings. The molecule has 2 rings (SSSR count). The van der Waals surface area contributed by atoms with E-state index in [0.717, 1.165) is 11.3 Å². The minimum Gasteiger partial charge on any atom is -0.383 e. The highest BCUT2D eigenvalue weighted by atomic mass is 16.2. The van der Waals surface area contributed by atoms with Gasteiger partial charge in [0.1, 0.15) is 12.4 Å². The SMILES string of the molecule is CCN(C)C(=O)Cn1cncc1-c1cccnc1N. The van der Waals surface area contributed by atoms with Crippen molar-refractivity contribution in [2.24, 2.45) is 0 Å². The number of hydrogen-bond acceptors (Lipinski definition) is 4. The van der Waals surface area contributed by atoms with Crippen LogP contribution in [0.1, 0.15) is 6.92 Å². The van der Waals surface area contributed by atoms with Crippen molar-refractivity contribution in [1.29, 1.82) is 0 Å². The van der Waals surface area contributed by atoms with Crippen LogP contribution in [0.5, 0.6) is 0 Å². The van der Waals surface area contributed by atoms with E-state index >= 15 is 0 Å². The summed E-state index contributed by atoms with van der Waals surface area (Å²) in [6.07, 6.45) is 4.95. The lowest BCUT2D eigenvalue weighted by Crippen LogP contribution is -2.29. The number of anilines is 1. The summed E-state index contributed by atoms with van der Waals surface area (Å²) in [6.45, 7) is 2.86. The van der Waals surface area contributed by atoms with Gasteiger partial charge in [0.25, 0.3) is 0 Å². The Balaban J connectivity index is 2.28. The van der Waals surface area contributed by atoms with Gasteiger partial charge in [0.05, 0.1) is 18.2 Å². The van der Waals surface area contributed by atoms with Gasteiger partial charge in [-0.05, 0) is 19.1 Å². The molecular weight excluding hydrogens is 242 g/mol. The van der Waals surface area contributed by atoms with Crippen LogP contribution in [0.15, 0.2) is 30.9 Å². The quantitative estimate of drug-likeness (QED) is 0.888. The molecule has 0 saturated heterocycles. The second-order valence-electron chi connectivity index (χ2n) is 4.25. The minimum absolute atomic E-state index is 0.0317. The van der Waals surface area contributed by atoms with Crippen LogP contribution in [0.2, 0.25) is 0 Å². The van der Waals surface area contributed by atoms with Crippen molar-refractivity contribution in [2.45, 2.75) is 13.5 Å². The number of nitrogen functional groups attached to an aromatic ring is 1. The fourth-order valence-corrected chi connectivity index (χ4v) is 1.75. The van der Waals surface area contributed by atoms with Crippen molar-refractivity contribution in [1.82, 2.24) is 19.4 Å². The van der Waals surface area contributed by atoms with E-state index in [0.29, 0.717) is 12.4 Å². The molecule has 6 heteroatoms. The number of aromatic nitrogens is 3. The van der Waals surface area contributed by atoms with Crippen molar-refractivity contribution in [3.8, 4) is 11.3 Å². The zero-order valence-corrected chi connectivity index (χ0v) is 11.1. The van der Waals surface area contributed by atoms with Gasteiger partial charge in [0.2, 0.25) is 5.91 Å². The molecule has 6 nitrogen and oxygen atoms in total. The second kappa shape index (κ2) is 5.51. The molecule has 0 aliphatic carbocycles. The molecule has 0 radical (unpaired) electrons. The molecule has 0 aromatic carbocycles. The molecule has 0 aliphatic rings. The first-order valence-electron chi connectivity index (χ1n) is 6.08. The monoisotopic (exact) mass is 259 g/mol. The molecule has 0 atom stereocenters. The number of nitrogens with zero attached hydrogens (tertiary/aromatic N) is 4. The summed E-state index contributed by atoms with van der Waals surface area (Å²) in [5, 5.41) is 0. The predicted octanol–water partition coefficient (Wildman–Crippen LogP) is 1.01. The van der Waals surface area contributed by atoms with Crippen molar-refractivity contribution in [2.75, 3.05) is 19.3 Å². The molecule has 0 spiro atoms. The third-order valence-electron chi connectivity index (χ3n) is 3.03. The zero-order chi connectivity index (χ0) is 13.8. The molecule has 100 valence electrons. The molecule has 0 bridgehead atoms. The Morgan fingerprint density at radius 3 is 3.00 bits per heavy atom. The van der Waals surface area contributed by atoms with E-state index in [1.807, 2.05) is 19.1 Å². The number of carbonyl (C=O) groups excluding carboxylic acids is 1. The summed E-state index contributed by atoms with van der Waals surface area (Å²) in [5.74, 6) is 0.463. The van der Waals surface area contributed by atoms with Crippen LogP contribution in [0.3, 0.4) is 0 Å². The van der Waals surface area contributed by atoms with Crippen LogP contribution < -0.4 is 5.73 Å². The largest absolute Gasteiger partial charge is 0.383 e. The molecule has 2 N–H and O–H groups in total. The third-order valence-corrected chi connectivity index (χ3v) is 3.03. The smallest absolute Gasteiger partial charge is 0.242 e. The van der Waals surface area contributed by atoms with Gasteiger partial charge < -0.3 is 15.2 Å². The van der Waals surface area contributed by atoms with Crippen LogP contribution >= 0.6 is 0 Å². The fraction of sp³-hybridized carbons (Fsp3) is 0.308. The van der Waals surface area contributed by atoms with E-state index in [-0.39, 0.29) is 12.5 Å². The van der Waals surface area contributed by atoms with Gasteiger partial charge in [-0.25, -0.2) is 9.97 Å². The first kappa shape index (κ1) is 13.1. The van der Waals surface area contributed by atoms with E-state index in [1.54, 1.807) is 35.2 Å². The van der Waals surface area contributed by atoms with Crippen molar-refractivity contribution >= 4 is 11.7 Å². The summed E-state index contributed by atoms with van der Waals surface area (Å²) in [5.41, 5.74) is 7.43. The van der Waals surface area contributed by atoms with Crippen molar-refractivity contribution in [3.63, 3.8) is 0 Å². The van der Waals surface area contributed by atoms with Gasteiger partial charge in [-0.15, -0.1) is 0 Å². The van der Waals surface area contributed by atoms with Crippen LogP contribution in [0.25, 0.3) is 11.3 Å². The number of rotatable bonds is 4. The lowest BCUT2D eigenvalue weighted by atomic mass is 10.2. The van der Waals surface area contributed by atoms with Gasteiger partial charge in [0.15, 0.2) is 0 Å². The molecule has 19 heavy (non-hydrogen) atoms. The number of carbonyl (C=O) groups is 1. The van der Waals surface area contributed by atoms with Crippen molar-refractivity contribution in [3.05, 3.63) is 30.9 Å². The Kier molecular flexibility index (Phi) is 3.79. The van der Waals surface area contributed by atoms with Crippen molar-refractivity contribution < 1.29 is 4.79 Å². The number of imidazole rings is 1. The molecule has 2 aromatic heterocycles. The topological polar surface area (TPSA) is 77.0 Å². The Bertz CT molecular complexity index is 578. The van der Waals surface area contributed by atoms with Crippen LogP contribution in [-0.4, -0.2) is 38.9 Å². The molecule has 2 aromatic rings. The molecule has 0 saturated carbocycles. The maximum Gasteiger partial charge on any atom is 0.242 e. The van der Waals surface area contributed by atoms with Gasteiger partial charge in [-0.3, -0.25) is 4.79 Å². The molecule has 0 aliphatic heterocycles. The number of likely N-dealkylation sites (N-methyl/N-ethyl adjacent to an activating group) is 1. The van der Waals surface area contributed by atoms with E-state index in [1.165, 1.54) is 0 Å². The lowest BCUT2D eigenvalue weighted by molar-refractivity contribution is -0.130. The average Bonchev–Trinajstić information content (AvgIpc) is 2.86. The van der Waals surface area contributed by atoms with E-state index < -0.39 is 0 Å². The Morgan fingerprint density at radius 1 is 1.53 bits per heavy atom. The van der Waals surface area contributed by atoms with Gasteiger partial charge in [-0.1, -0.05) is 0 Å². The highest BCUT2D eigenvalue weighted by molar-refractivity contribution is 5.77. The molecule has 1 amide bonds. The lowest BCUT2D eigenvalue weighted by Gasteiger charge is -2.16. The van der Waals surface area contributed by atoms with E-state index in [2.05, 4.69) is 9.97 Å². The first-order chi connectivity index (χ1) is 9.13. The zero-order valence-electron chi connectivity index (χ0n) is 11.1. The van der Waals surface area contributed by atoms with Crippen LogP contribution in [-0.2, 0) is 11.3 Å². The highest BCUT2D eigenvalue weighted by Gasteiger charge is 2.13. The number of pyridine rings is 1. The Hall–Kier alpha value is -2.37. The normalized spacial score (nSPS) is 10.4. The van der Waals surface area contributed by atoms with E-state index in [9.17, 15) is 4.79 Å². The van der Waals surface area contributed by atoms with Gasteiger partial charge in [-0.2, -0.15) is 0 Å². The number of nitrogens with two attached hydrogens (primary N) is 1. The predicted molar refractivity (Wildman–Crippen MR) is 73.2 cm³/mol. The van der Waals surface area contributed by atoms with E-state index in [4.69, 9.17) is 5.73 Å². The van der Waals surface area contributed by atoms with Gasteiger partial charge in [0, 0.05) is 25.4 Å². The molecular formula is C13H17N5O. The first-order valence-corrected chi connectivity index (χ1v) is 6.08. The minimum atomic E-state index is 0.0317. The second-order valence-corrected chi connectivity index (χ2v) is 4.25. The number of amides is 1. The van der Waals surface area contributed by atoms with Crippen LogP contribution in [0.4, 0.5) is 5.82 Å². The summed E-state index contributed by atoms with van der Waals surface area (Å²) < 4.78 is 1.78. The highest BCUT2D eigenvalue weighted by Crippen LogP contribution is 2.23. The summed E-state index contributed by atoms with van der Waals surface area (Å²) in [7, 11) is 1.78. The average molecular weight is 259 g/mol. The Morgan fingerprint density at radius 2 is 2.32 bits per heavy atom. The third kappa shape index (κ3) is 2.73. The fourth-order valence-electron chi connectivity index (χ4n) is 1.75. The molecule has 2 heterocycles. The van der Waals surface area contributed by atoms with Crippen LogP contribution in [0, 0.1) is 0 Å². The Labute approximate surface area is 111 Å².